The standard InChI is InChI=1S/C20H28ClN3O2/c21-17-7-9-18(10-8-17)22-20(26)24-13-3-12-23(14-15-24)19(25)11-6-16-4-1-2-5-16/h7-10,16H,1-6,11-15H2,(H,22,26). The van der Waals surface area contributed by atoms with Crippen molar-refractivity contribution < 1.29 is 9.59 Å². The van der Waals surface area contributed by atoms with Crippen LogP contribution in [0, 0.1) is 5.92 Å². The highest BCUT2D eigenvalue weighted by atomic mass is 35.5. The molecule has 3 rings (SSSR count). The average molecular weight is 378 g/mol. The Morgan fingerprint density at radius 3 is 2.35 bits per heavy atom. The summed E-state index contributed by atoms with van der Waals surface area (Å²) < 4.78 is 0. The fraction of sp³-hybridized carbons (Fsp3) is 0.600. The summed E-state index contributed by atoms with van der Waals surface area (Å²) in [6, 6.07) is 6.97. The summed E-state index contributed by atoms with van der Waals surface area (Å²) in [5, 5.41) is 3.54. The van der Waals surface area contributed by atoms with Crippen LogP contribution in [0.15, 0.2) is 24.3 Å². The second kappa shape index (κ2) is 9.26. The molecule has 5 nitrogen and oxygen atoms in total. The van der Waals surface area contributed by atoms with Crippen LogP contribution in [0.2, 0.25) is 5.02 Å². The summed E-state index contributed by atoms with van der Waals surface area (Å²) >= 11 is 5.87. The summed E-state index contributed by atoms with van der Waals surface area (Å²) in [4.78, 5) is 28.7. The molecule has 1 aromatic carbocycles. The number of nitrogens with zero attached hydrogens (tertiary/aromatic N) is 2. The first-order valence-electron chi connectivity index (χ1n) is 9.71. The maximum atomic E-state index is 12.5. The normalized spacial score (nSPS) is 18.7. The second-order valence-corrected chi connectivity index (χ2v) is 7.78. The fourth-order valence-electron chi connectivity index (χ4n) is 3.89. The first kappa shape index (κ1) is 19.0. The molecule has 142 valence electrons. The second-order valence-electron chi connectivity index (χ2n) is 7.35. The topological polar surface area (TPSA) is 52.7 Å². The van der Waals surface area contributed by atoms with Crippen LogP contribution in [0.3, 0.4) is 0 Å². The van der Waals surface area contributed by atoms with E-state index in [-0.39, 0.29) is 11.9 Å². The first-order valence-corrected chi connectivity index (χ1v) is 10.1. The van der Waals surface area contributed by atoms with Gasteiger partial charge in [-0.05, 0) is 43.0 Å². The number of amides is 3. The van der Waals surface area contributed by atoms with Gasteiger partial charge in [0.05, 0.1) is 0 Å². The summed E-state index contributed by atoms with van der Waals surface area (Å²) in [5.41, 5.74) is 0.730. The molecule has 0 aromatic heterocycles. The van der Waals surface area contributed by atoms with Crippen molar-refractivity contribution >= 4 is 29.2 Å². The highest BCUT2D eigenvalue weighted by Gasteiger charge is 2.23. The van der Waals surface area contributed by atoms with E-state index in [2.05, 4.69) is 5.32 Å². The van der Waals surface area contributed by atoms with Gasteiger partial charge in [-0.15, -0.1) is 0 Å². The summed E-state index contributed by atoms with van der Waals surface area (Å²) in [6.45, 7) is 2.62. The zero-order chi connectivity index (χ0) is 18.4. The van der Waals surface area contributed by atoms with E-state index in [0.29, 0.717) is 31.1 Å². The molecule has 0 radical (unpaired) electrons. The molecule has 1 saturated carbocycles. The van der Waals surface area contributed by atoms with Gasteiger partial charge in [-0.3, -0.25) is 4.79 Å². The largest absolute Gasteiger partial charge is 0.341 e. The molecule has 1 N–H and O–H groups in total. The molecule has 0 unspecified atom stereocenters. The molecule has 1 aliphatic carbocycles. The Bertz CT molecular complexity index is 614. The van der Waals surface area contributed by atoms with Crippen molar-refractivity contribution in [1.29, 1.82) is 0 Å². The minimum Gasteiger partial charge on any atom is -0.341 e. The first-order chi connectivity index (χ1) is 12.6. The predicted octanol–water partition coefficient (Wildman–Crippen LogP) is 4.38. The van der Waals surface area contributed by atoms with Crippen LogP contribution >= 0.6 is 11.6 Å². The number of hydrogen-bond acceptors (Lipinski definition) is 2. The molecular weight excluding hydrogens is 350 g/mol. The number of hydrogen-bond donors (Lipinski definition) is 1. The molecule has 1 aromatic rings. The number of rotatable bonds is 4. The van der Waals surface area contributed by atoms with Gasteiger partial charge in [0.25, 0.3) is 0 Å². The molecule has 3 amide bonds. The number of halogens is 1. The smallest absolute Gasteiger partial charge is 0.321 e. The number of carbonyl (C=O) groups excluding carboxylic acids is 2. The van der Waals surface area contributed by atoms with Crippen molar-refractivity contribution in [2.24, 2.45) is 5.92 Å². The molecular formula is C20H28ClN3O2. The van der Waals surface area contributed by atoms with E-state index in [9.17, 15) is 9.59 Å². The van der Waals surface area contributed by atoms with Gasteiger partial charge in [-0.2, -0.15) is 0 Å². The van der Waals surface area contributed by atoms with Gasteiger partial charge in [-0.25, -0.2) is 4.79 Å². The third-order valence-electron chi connectivity index (χ3n) is 5.47. The molecule has 2 fully saturated rings. The molecule has 0 spiro atoms. The lowest BCUT2D eigenvalue weighted by molar-refractivity contribution is -0.131. The Labute approximate surface area is 160 Å². The van der Waals surface area contributed by atoms with Crippen LogP contribution in [0.1, 0.15) is 44.9 Å². The molecule has 2 aliphatic rings. The predicted molar refractivity (Wildman–Crippen MR) is 104 cm³/mol. The van der Waals surface area contributed by atoms with Crippen LogP contribution in [-0.4, -0.2) is 47.9 Å². The van der Waals surface area contributed by atoms with Gasteiger partial charge in [0.15, 0.2) is 0 Å². The van der Waals surface area contributed by atoms with Crippen molar-refractivity contribution in [3.05, 3.63) is 29.3 Å². The highest BCUT2D eigenvalue weighted by molar-refractivity contribution is 6.30. The average Bonchev–Trinajstić information content (AvgIpc) is 3.04. The number of benzene rings is 1. The van der Waals surface area contributed by atoms with Gasteiger partial charge in [0.1, 0.15) is 0 Å². The van der Waals surface area contributed by atoms with E-state index in [1.807, 2.05) is 4.90 Å². The minimum atomic E-state index is -0.118. The zero-order valence-corrected chi connectivity index (χ0v) is 16.0. The van der Waals surface area contributed by atoms with Gasteiger partial charge >= 0.3 is 6.03 Å². The quantitative estimate of drug-likeness (QED) is 0.846. The van der Waals surface area contributed by atoms with Gasteiger partial charge in [0, 0.05) is 43.3 Å². The molecule has 1 aliphatic heterocycles. The molecule has 1 heterocycles. The van der Waals surface area contributed by atoms with E-state index in [1.165, 1.54) is 25.7 Å². The van der Waals surface area contributed by atoms with Crippen molar-refractivity contribution in [3.63, 3.8) is 0 Å². The van der Waals surface area contributed by atoms with Crippen molar-refractivity contribution in [1.82, 2.24) is 9.80 Å². The zero-order valence-electron chi connectivity index (χ0n) is 15.3. The molecule has 0 bridgehead atoms. The Hall–Kier alpha value is -1.75. The lowest BCUT2D eigenvalue weighted by Crippen LogP contribution is -2.39. The van der Waals surface area contributed by atoms with Crippen molar-refractivity contribution in [2.75, 3.05) is 31.5 Å². The Morgan fingerprint density at radius 2 is 1.62 bits per heavy atom. The van der Waals surface area contributed by atoms with E-state index < -0.39 is 0 Å². The third-order valence-corrected chi connectivity index (χ3v) is 5.72. The fourth-order valence-corrected chi connectivity index (χ4v) is 4.02. The number of carbonyl (C=O) groups is 2. The van der Waals surface area contributed by atoms with Crippen LogP contribution in [0.4, 0.5) is 10.5 Å². The van der Waals surface area contributed by atoms with Gasteiger partial charge < -0.3 is 15.1 Å². The van der Waals surface area contributed by atoms with E-state index in [1.54, 1.807) is 29.2 Å². The number of nitrogens with one attached hydrogen (secondary N) is 1. The maximum Gasteiger partial charge on any atom is 0.321 e. The van der Waals surface area contributed by atoms with Crippen LogP contribution in [-0.2, 0) is 4.79 Å². The molecule has 0 atom stereocenters. The van der Waals surface area contributed by atoms with E-state index in [4.69, 9.17) is 11.6 Å². The van der Waals surface area contributed by atoms with Gasteiger partial charge in [-0.1, -0.05) is 37.3 Å². The summed E-state index contributed by atoms with van der Waals surface area (Å²) in [7, 11) is 0. The van der Waals surface area contributed by atoms with Crippen LogP contribution in [0.5, 0.6) is 0 Å². The SMILES string of the molecule is O=C(CCC1CCCC1)N1CCCN(C(=O)Nc2ccc(Cl)cc2)CC1. The van der Waals surface area contributed by atoms with Gasteiger partial charge in [0.2, 0.25) is 5.91 Å². The Morgan fingerprint density at radius 1 is 0.962 bits per heavy atom. The molecule has 6 heteroatoms. The summed E-state index contributed by atoms with van der Waals surface area (Å²) in [6.07, 6.45) is 7.71. The van der Waals surface area contributed by atoms with Crippen LogP contribution < -0.4 is 5.32 Å². The highest BCUT2D eigenvalue weighted by Crippen LogP contribution is 2.28. The lowest BCUT2D eigenvalue weighted by atomic mass is 10.0. The Kier molecular flexibility index (Phi) is 6.78. The van der Waals surface area contributed by atoms with Crippen molar-refractivity contribution in [3.8, 4) is 0 Å². The number of anilines is 1. The third kappa shape index (κ3) is 5.37. The van der Waals surface area contributed by atoms with Crippen LogP contribution in [0.25, 0.3) is 0 Å². The number of urea groups is 1. The molecule has 26 heavy (non-hydrogen) atoms. The van der Waals surface area contributed by atoms with E-state index >= 15 is 0 Å². The maximum absolute atomic E-state index is 12.5. The van der Waals surface area contributed by atoms with E-state index in [0.717, 1.165) is 31.0 Å². The van der Waals surface area contributed by atoms with Crippen molar-refractivity contribution in [2.45, 2.75) is 44.9 Å². The minimum absolute atomic E-state index is 0.118. The Balaban J connectivity index is 1.45. The lowest BCUT2D eigenvalue weighted by Gasteiger charge is -2.23. The molecule has 1 saturated heterocycles. The summed E-state index contributed by atoms with van der Waals surface area (Å²) in [5.74, 6) is 0.990. The monoisotopic (exact) mass is 377 g/mol.